The van der Waals surface area contributed by atoms with Crippen LogP contribution in [-0.2, 0) is 19.3 Å². The third-order valence-corrected chi connectivity index (χ3v) is 0.992. The van der Waals surface area contributed by atoms with Crippen molar-refractivity contribution in [3.05, 3.63) is 0 Å². The number of carbonyl (C=O) groups excluding carboxylic acids is 2. The van der Waals surface area contributed by atoms with Gasteiger partial charge in [0.2, 0.25) is 0 Å². The van der Waals surface area contributed by atoms with Gasteiger partial charge >= 0.3 is 11.9 Å². The number of hydrogen-bond donors (Lipinski definition) is 2. The Morgan fingerprint density at radius 3 is 1.58 bits per heavy atom. The van der Waals surface area contributed by atoms with Gasteiger partial charge in [0.1, 0.15) is 0 Å². The summed E-state index contributed by atoms with van der Waals surface area (Å²) >= 11 is 9.66. The first-order chi connectivity index (χ1) is 5.70. The molecule has 0 aromatic rings. The Morgan fingerprint density at radius 2 is 1.33 bits per heavy atom. The number of halogens is 2. The maximum atomic E-state index is 10.5. The Labute approximate surface area is 78.2 Å². The molecule has 8 heteroatoms. The molecule has 0 aromatic heterocycles. The van der Waals surface area contributed by atoms with Crippen LogP contribution in [0.1, 0.15) is 12.8 Å². The molecular formula is C4H6Cl2N2O4. The number of carbonyl (C=O) groups is 2. The molecule has 12 heavy (non-hydrogen) atoms. The van der Waals surface area contributed by atoms with Crippen LogP contribution in [0.4, 0.5) is 0 Å². The third-order valence-electron chi connectivity index (χ3n) is 0.838. The van der Waals surface area contributed by atoms with Crippen LogP contribution in [-0.4, -0.2) is 11.9 Å². The highest BCUT2D eigenvalue weighted by Gasteiger charge is 2.08. The van der Waals surface area contributed by atoms with Crippen molar-refractivity contribution in [2.24, 2.45) is 0 Å². The molecule has 0 aromatic carbocycles. The summed E-state index contributed by atoms with van der Waals surface area (Å²) in [7, 11) is 0. The molecule has 0 spiro atoms. The monoisotopic (exact) mass is 216 g/mol. The van der Waals surface area contributed by atoms with E-state index in [1.54, 1.807) is 10.00 Å². The van der Waals surface area contributed by atoms with Gasteiger partial charge in [-0.25, -0.2) is 0 Å². The van der Waals surface area contributed by atoms with E-state index in [0.717, 1.165) is 0 Å². The molecule has 0 aliphatic carbocycles. The molecule has 0 unspecified atom stereocenters. The van der Waals surface area contributed by atoms with Crippen LogP contribution < -0.4 is 10.00 Å². The molecule has 0 atom stereocenters. The first-order valence-electron chi connectivity index (χ1n) is 2.81. The van der Waals surface area contributed by atoms with Crippen molar-refractivity contribution in [3.8, 4) is 0 Å². The Morgan fingerprint density at radius 1 is 1.00 bits per heavy atom. The largest absolute Gasteiger partial charge is 0.355 e. The van der Waals surface area contributed by atoms with Gasteiger partial charge in [-0.3, -0.25) is 9.59 Å². The van der Waals surface area contributed by atoms with Gasteiger partial charge in [0, 0.05) is 23.6 Å². The van der Waals surface area contributed by atoms with Gasteiger partial charge in [0.15, 0.2) is 0 Å². The van der Waals surface area contributed by atoms with E-state index < -0.39 is 11.9 Å². The highest BCUT2D eigenvalue weighted by molar-refractivity contribution is 6.13. The third kappa shape index (κ3) is 6.17. The normalized spacial score (nSPS) is 9.17. The quantitative estimate of drug-likeness (QED) is 0.504. The van der Waals surface area contributed by atoms with E-state index in [1.807, 2.05) is 0 Å². The van der Waals surface area contributed by atoms with Crippen molar-refractivity contribution in [3.63, 3.8) is 0 Å². The van der Waals surface area contributed by atoms with Crippen LogP contribution >= 0.6 is 23.6 Å². The van der Waals surface area contributed by atoms with Crippen LogP contribution in [0.25, 0.3) is 0 Å². The Kier molecular flexibility index (Phi) is 6.78. The summed E-state index contributed by atoms with van der Waals surface area (Å²) in [6.07, 6.45) is -0.283. The van der Waals surface area contributed by atoms with Crippen molar-refractivity contribution in [1.82, 2.24) is 10.00 Å². The van der Waals surface area contributed by atoms with E-state index in [9.17, 15) is 9.59 Å². The molecular weight excluding hydrogens is 211 g/mol. The molecule has 0 fully saturated rings. The standard InChI is InChI=1S/C4H6Cl2N2O4/c5-7-11-3(9)1-2-4(10)12-8-6/h7-8H,1-2H2. The molecule has 70 valence electrons. The summed E-state index contributed by atoms with van der Waals surface area (Å²) < 4.78 is 0. The van der Waals surface area contributed by atoms with Crippen LogP contribution in [0.5, 0.6) is 0 Å². The van der Waals surface area contributed by atoms with Gasteiger partial charge in [0.05, 0.1) is 12.8 Å². The average Bonchev–Trinajstić information content (AvgIpc) is 2.02. The Balaban J connectivity index is 3.40. The number of rotatable bonds is 5. The van der Waals surface area contributed by atoms with Crippen molar-refractivity contribution in [2.45, 2.75) is 12.8 Å². The minimum absolute atomic E-state index is 0.142. The summed E-state index contributed by atoms with van der Waals surface area (Å²) in [6, 6.07) is 0. The first kappa shape index (κ1) is 11.4. The van der Waals surface area contributed by atoms with Crippen molar-refractivity contribution in [2.75, 3.05) is 0 Å². The number of hydrogen-bond acceptors (Lipinski definition) is 6. The predicted molar refractivity (Wildman–Crippen MR) is 39.4 cm³/mol. The zero-order chi connectivity index (χ0) is 9.40. The van der Waals surface area contributed by atoms with Gasteiger partial charge < -0.3 is 9.68 Å². The van der Waals surface area contributed by atoms with Gasteiger partial charge in [-0.15, -0.1) is 0 Å². The summed E-state index contributed by atoms with van der Waals surface area (Å²) in [5.41, 5.74) is 0. The molecule has 0 heterocycles. The second kappa shape index (κ2) is 7.11. The second-order valence-electron chi connectivity index (χ2n) is 1.60. The average molecular weight is 217 g/mol. The maximum Gasteiger partial charge on any atom is 0.327 e. The lowest BCUT2D eigenvalue weighted by atomic mass is 10.3. The van der Waals surface area contributed by atoms with Crippen LogP contribution in [0.2, 0.25) is 0 Å². The van der Waals surface area contributed by atoms with E-state index in [1.165, 1.54) is 0 Å². The van der Waals surface area contributed by atoms with Gasteiger partial charge in [-0.2, -0.15) is 0 Å². The van der Waals surface area contributed by atoms with Crippen LogP contribution in [0, 0.1) is 0 Å². The molecule has 0 saturated heterocycles. The van der Waals surface area contributed by atoms with Crippen LogP contribution in [0.15, 0.2) is 0 Å². The van der Waals surface area contributed by atoms with Gasteiger partial charge in [0.25, 0.3) is 0 Å². The lowest BCUT2D eigenvalue weighted by Crippen LogP contribution is -2.15. The highest BCUT2D eigenvalue weighted by Crippen LogP contribution is 1.93. The molecule has 6 nitrogen and oxygen atoms in total. The fourth-order valence-corrected chi connectivity index (χ4v) is 0.564. The summed E-state index contributed by atoms with van der Waals surface area (Å²) in [6.45, 7) is 0. The van der Waals surface area contributed by atoms with Crippen LogP contribution in [0.3, 0.4) is 0 Å². The Bertz CT molecular complexity index is 147. The molecule has 0 saturated carbocycles. The van der Waals surface area contributed by atoms with Gasteiger partial charge in [-0.05, 0) is 0 Å². The summed E-state index contributed by atoms with van der Waals surface area (Å²) in [5, 5.41) is 0. The molecule has 0 amide bonds. The number of nitrogens with one attached hydrogen (secondary N) is 2. The maximum absolute atomic E-state index is 10.5. The van der Waals surface area contributed by atoms with Gasteiger partial charge in [-0.1, -0.05) is 10.00 Å². The Hall–Kier alpha value is -0.560. The van der Waals surface area contributed by atoms with E-state index in [4.69, 9.17) is 23.6 Å². The molecule has 0 radical (unpaired) electrons. The highest BCUT2D eigenvalue weighted by atomic mass is 35.5. The molecule has 0 aliphatic heterocycles. The topological polar surface area (TPSA) is 76.7 Å². The van der Waals surface area contributed by atoms with E-state index >= 15 is 0 Å². The lowest BCUT2D eigenvalue weighted by molar-refractivity contribution is -0.153. The van der Waals surface area contributed by atoms with E-state index in [-0.39, 0.29) is 12.8 Å². The van der Waals surface area contributed by atoms with E-state index in [2.05, 4.69) is 9.68 Å². The predicted octanol–water partition coefficient (Wildman–Crippen LogP) is 0.170. The SMILES string of the molecule is O=C(CCC(=O)ONCl)ONCl. The molecule has 0 aliphatic rings. The smallest absolute Gasteiger partial charge is 0.327 e. The lowest BCUT2D eigenvalue weighted by Gasteiger charge is -1.99. The summed E-state index contributed by atoms with van der Waals surface area (Å²) in [4.78, 5) is 32.5. The summed E-state index contributed by atoms with van der Waals surface area (Å²) in [5.74, 6) is -1.34. The van der Waals surface area contributed by atoms with Crippen molar-refractivity contribution >= 4 is 35.5 Å². The fourth-order valence-electron chi connectivity index (χ4n) is 0.392. The molecule has 2 N–H and O–H groups in total. The zero-order valence-corrected chi connectivity index (χ0v) is 7.31. The fraction of sp³-hybridized carbons (Fsp3) is 0.500. The first-order valence-corrected chi connectivity index (χ1v) is 3.57. The molecule has 0 bridgehead atoms. The minimum atomic E-state index is -0.670. The second-order valence-corrected chi connectivity index (χ2v) is 1.91. The van der Waals surface area contributed by atoms with E-state index in [0.29, 0.717) is 0 Å². The minimum Gasteiger partial charge on any atom is -0.355 e. The zero-order valence-electron chi connectivity index (χ0n) is 5.80. The van der Waals surface area contributed by atoms with Crippen molar-refractivity contribution in [1.29, 1.82) is 0 Å². The van der Waals surface area contributed by atoms with Crippen molar-refractivity contribution < 1.29 is 19.3 Å². The molecule has 0 rings (SSSR count).